The Morgan fingerprint density at radius 1 is 1.08 bits per heavy atom. The third kappa shape index (κ3) is 11.4. The number of halogens is 3. The van der Waals surface area contributed by atoms with Gasteiger partial charge in [-0.2, -0.15) is 13.2 Å². The van der Waals surface area contributed by atoms with Gasteiger partial charge in [-0.05, 0) is 65.5 Å². The summed E-state index contributed by atoms with van der Waals surface area (Å²) in [6, 6.07) is 0.384. The first-order valence-corrected chi connectivity index (χ1v) is 15.6. The van der Waals surface area contributed by atoms with Crippen LogP contribution in [0.4, 0.5) is 23.7 Å². The van der Waals surface area contributed by atoms with Crippen molar-refractivity contribution in [3.05, 3.63) is 40.2 Å². The van der Waals surface area contributed by atoms with Crippen molar-refractivity contribution in [3.8, 4) is 0 Å². The van der Waals surface area contributed by atoms with Crippen LogP contribution in [0.25, 0.3) is 11.0 Å². The number of alkyl carbamates (subject to hydrolysis) is 1. The van der Waals surface area contributed by atoms with Gasteiger partial charge in [-0.3, -0.25) is 24.2 Å². The van der Waals surface area contributed by atoms with Crippen molar-refractivity contribution < 1.29 is 46.3 Å². The monoisotopic (exact) mass is 710 g/mol. The number of ether oxygens (including phenoxy) is 1. The number of nitrogens with two attached hydrogens (primary N) is 2. The molecule has 8 N–H and O–H groups in total. The van der Waals surface area contributed by atoms with Gasteiger partial charge in [0.15, 0.2) is 5.96 Å². The molecule has 0 aliphatic carbocycles. The number of anilines is 1. The fraction of sp³-hybridized carbons (Fsp3) is 0.516. The van der Waals surface area contributed by atoms with Crippen molar-refractivity contribution in [1.82, 2.24) is 20.9 Å². The molecule has 3 rings (SSSR count). The van der Waals surface area contributed by atoms with E-state index in [-0.39, 0.29) is 44.0 Å². The van der Waals surface area contributed by atoms with E-state index in [4.69, 9.17) is 20.6 Å². The summed E-state index contributed by atoms with van der Waals surface area (Å²) >= 11 is 0. The Morgan fingerprint density at radius 2 is 1.78 bits per heavy atom. The number of aliphatic imine (C=N–C) groups is 1. The van der Waals surface area contributed by atoms with Gasteiger partial charge in [-0.1, -0.05) is 0 Å². The molecule has 0 saturated carbocycles. The van der Waals surface area contributed by atoms with Gasteiger partial charge in [0.25, 0.3) is 0 Å². The molecular weight excluding hydrogens is 669 g/mol. The maximum atomic E-state index is 13.5. The summed E-state index contributed by atoms with van der Waals surface area (Å²) in [5.74, 6) is -2.85. The predicted molar refractivity (Wildman–Crippen MR) is 175 cm³/mol. The molecule has 1 aliphatic rings. The lowest BCUT2D eigenvalue weighted by molar-refractivity contribution is -0.139. The van der Waals surface area contributed by atoms with Gasteiger partial charge in [-0.25, -0.2) is 9.59 Å². The van der Waals surface area contributed by atoms with Crippen LogP contribution in [-0.4, -0.2) is 83.9 Å². The Bertz CT molecular complexity index is 1680. The number of carbonyl (C=O) groups is 5. The highest BCUT2D eigenvalue weighted by molar-refractivity contribution is 6.00. The molecular formula is C31H41F3N8O8. The van der Waals surface area contributed by atoms with Gasteiger partial charge in [0.05, 0.1) is 12.1 Å². The van der Waals surface area contributed by atoms with Gasteiger partial charge < -0.3 is 46.8 Å². The van der Waals surface area contributed by atoms with Crippen molar-refractivity contribution in [3.63, 3.8) is 0 Å². The van der Waals surface area contributed by atoms with Crippen LogP contribution in [0.1, 0.15) is 58.9 Å². The van der Waals surface area contributed by atoms with Gasteiger partial charge in [0.2, 0.25) is 23.6 Å². The average molecular weight is 711 g/mol. The van der Waals surface area contributed by atoms with E-state index in [0.717, 1.165) is 12.1 Å². The minimum Gasteiger partial charge on any atom is -0.444 e. The van der Waals surface area contributed by atoms with E-state index in [1.165, 1.54) is 17.9 Å². The van der Waals surface area contributed by atoms with E-state index in [0.29, 0.717) is 12.5 Å². The summed E-state index contributed by atoms with van der Waals surface area (Å²) in [4.78, 5) is 81.2. The van der Waals surface area contributed by atoms with Crippen LogP contribution < -0.4 is 38.4 Å². The van der Waals surface area contributed by atoms with E-state index >= 15 is 0 Å². The molecule has 0 unspecified atom stereocenters. The maximum Gasteiger partial charge on any atom is 0.417 e. The Kier molecular flexibility index (Phi) is 12.8. The molecule has 1 saturated heterocycles. The summed E-state index contributed by atoms with van der Waals surface area (Å²) in [7, 11) is 0. The van der Waals surface area contributed by atoms with E-state index in [9.17, 15) is 41.9 Å². The molecule has 19 heteroatoms. The van der Waals surface area contributed by atoms with Crippen molar-refractivity contribution in [2.75, 3.05) is 25.0 Å². The van der Waals surface area contributed by atoms with Crippen LogP contribution in [0.3, 0.4) is 0 Å². The average Bonchev–Trinajstić information content (AvgIpc) is 3.49. The van der Waals surface area contributed by atoms with Crippen LogP contribution in [0, 0.1) is 0 Å². The number of alkyl halides is 3. The summed E-state index contributed by atoms with van der Waals surface area (Å²) < 4.78 is 50.4. The van der Waals surface area contributed by atoms with E-state index in [2.05, 4.69) is 26.3 Å². The first-order valence-electron chi connectivity index (χ1n) is 15.6. The highest BCUT2D eigenvalue weighted by atomic mass is 19.4. The van der Waals surface area contributed by atoms with Crippen LogP contribution in [0.15, 0.2) is 38.5 Å². The van der Waals surface area contributed by atoms with E-state index in [1.54, 1.807) is 20.8 Å². The van der Waals surface area contributed by atoms with Crippen molar-refractivity contribution in [2.45, 2.75) is 83.3 Å². The first-order chi connectivity index (χ1) is 23.2. The molecule has 5 amide bonds. The fourth-order valence-electron chi connectivity index (χ4n) is 5.05. The molecule has 2 aromatic rings. The van der Waals surface area contributed by atoms with Crippen LogP contribution in [0.5, 0.6) is 0 Å². The molecule has 50 heavy (non-hydrogen) atoms. The standard InChI is InChI=1S/C31H41F3N8O8/c1-16(39-29(48)50-30(2,3)4)25(45)38-15-23(43)42-12-6-8-21(42)27(47)41-20(7-5-11-37-28(35)36)26(46)40-17-9-10-18-19(31(32,33)34)14-24(44)49-22(18)13-17/h9-10,13-14,16,20-21H,5-8,11-12,15H2,1-4H3,(H,38,45)(H,39,48)(H,40,46)(H,41,47)(H4,35,36,37)/t16-,20-,21-/m0/s1. The zero-order chi connectivity index (χ0) is 37.4. The third-order valence-electron chi connectivity index (χ3n) is 7.31. The second kappa shape index (κ2) is 16.4. The largest absolute Gasteiger partial charge is 0.444 e. The van der Waals surface area contributed by atoms with Gasteiger partial charge >= 0.3 is 17.9 Å². The number of guanidine groups is 1. The summed E-state index contributed by atoms with van der Waals surface area (Å²) in [5, 5.41) is 9.53. The van der Waals surface area contributed by atoms with E-state index in [1.807, 2.05) is 0 Å². The fourth-order valence-corrected chi connectivity index (χ4v) is 5.05. The number of benzene rings is 1. The lowest BCUT2D eigenvalue weighted by Gasteiger charge is -2.27. The molecule has 1 aromatic heterocycles. The zero-order valence-corrected chi connectivity index (χ0v) is 27.9. The molecule has 1 fully saturated rings. The van der Waals surface area contributed by atoms with Crippen LogP contribution in [-0.2, 0) is 30.1 Å². The highest BCUT2D eigenvalue weighted by Crippen LogP contribution is 2.34. The van der Waals surface area contributed by atoms with Gasteiger partial charge in [-0.15, -0.1) is 0 Å². The molecule has 0 radical (unpaired) electrons. The second-order valence-electron chi connectivity index (χ2n) is 12.5. The number of likely N-dealkylation sites (tertiary alicyclic amines) is 1. The van der Waals surface area contributed by atoms with Crippen molar-refractivity contribution in [2.24, 2.45) is 16.5 Å². The normalized spacial score (nSPS) is 15.8. The lowest BCUT2D eigenvalue weighted by atomic mass is 10.1. The van der Waals surface area contributed by atoms with E-state index < -0.39 is 88.3 Å². The first kappa shape index (κ1) is 39.1. The minimum atomic E-state index is -4.83. The topological polar surface area (TPSA) is 241 Å². The molecule has 274 valence electrons. The number of hydrogen-bond donors (Lipinski definition) is 6. The molecule has 1 aromatic carbocycles. The van der Waals surface area contributed by atoms with Crippen molar-refractivity contribution in [1.29, 1.82) is 0 Å². The Balaban J connectivity index is 1.69. The molecule has 2 heterocycles. The summed E-state index contributed by atoms with van der Waals surface area (Å²) in [6.45, 7) is 6.21. The SMILES string of the molecule is C[C@H](NC(=O)OC(C)(C)C)C(=O)NCC(=O)N1CCC[C@H]1C(=O)N[C@@H](CCCN=C(N)N)C(=O)Nc1ccc2c(C(F)(F)F)cc(=O)oc2c1. The van der Waals surface area contributed by atoms with Gasteiger partial charge in [0.1, 0.15) is 29.3 Å². The third-order valence-corrected chi connectivity index (χ3v) is 7.31. The van der Waals surface area contributed by atoms with Crippen LogP contribution in [0.2, 0.25) is 0 Å². The molecule has 3 atom stereocenters. The number of nitrogens with one attached hydrogen (secondary N) is 4. The molecule has 16 nitrogen and oxygen atoms in total. The van der Waals surface area contributed by atoms with Crippen molar-refractivity contribution >= 4 is 52.3 Å². The molecule has 0 bridgehead atoms. The number of carbonyl (C=O) groups excluding carboxylic acids is 5. The predicted octanol–water partition coefficient (Wildman–Crippen LogP) is 1.31. The number of nitrogens with zero attached hydrogens (tertiary/aromatic N) is 2. The Morgan fingerprint density at radius 3 is 2.42 bits per heavy atom. The number of amides is 5. The highest BCUT2D eigenvalue weighted by Gasteiger charge is 2.37. The smallest absolute Gasteiger partial charge is 0.417 e. The summed E-state index contributed by atoms with van der Waals surface area (Å²) in [5.41, 5.74) is 7.07. The number of rotatable bonds is 12. The molecule has 1 aliphatic heterocycles. The minimum absolute atomic E-state index is 0.0164. The quantitative estimate of drug-likeness (QED) is 0.0799. The Labute approximate surface area is 284 Å². The van der Waals surface area contributed by atoms with Crippen LogP contribution >= 0.6 is 0 Å². The summed E-state index contributed by atoms with van der Waals surface area (Å²) in [6.07, 6.45) is -4.68. The Hall–Kier alpha value is -5.36. The maximum absolute atomic E-state index is 13.5. The second-order valence-corrected chi connectivity index (χ2v) is 12.5. The zero-order valence-electron chi connectivity index (χ0n) is 27.9. The lowest BCUT2D eigenvalue weighted by Crippen LogP contribution is -2.54. The number of fused-ring (bicyclic) bond motifs is 1. The number of hydrogen-bond acceptors (Lipinski definition) is 9. The van der Waals surface area contributed by atoms with Gasteiger partial charge in [0, 0.05) is 36.3 Å². The molecule has 0 spiro atoms.